The molecule has 0 radical (unpaired) electrons. The highest BCUT2D eigenvalue weighted by molar-refractivity contribution is 6.16. The van der Waals surface area contributed by atoms with Crippen LogP contribution < -0.4 is 15.0 Å². The average molecular weight is 557 g/mol. The van der Waals surface area contributed by atoms with Gasteiger partial charge in [0.25, 0.3) is 0 Å². The molecule has 0 aromatic heterocycles. The van der Waals surface area contributed by atoms with Crippen LogP contribution in [-0.2, 0) is 0 Å². The van der Waals surface area contributed by atoms with E-state index in [0.29, 0.717) is 5.92 Å². The standard InChI is InChI=1S/C41H36N2/c1-29-15-13-14-22-38(29)43(35-20-11-6-12-21-35)39-28-25-32-24-27-36(40-30(2)23-26-37(39)41(32)40)31(3)42(33-16-7-4-8-17-33)34-18-9-5-10-19-34/h4-29,38H,1-3H3/b36-31+. The van der Waals surface area contributed by atoms with Crippen molar-refractivity contribution < 1.29 is 0 Å². The quantitative estimate of drug-likeness (QED) is 0.201. The lowest BCUT2D eigenvalue weighted by Crippen LogP contribution is -2.35. The first kappa shape index (κ1) is 26.8. The molecule has 1 aliphatic rings. The summed E-state index contributed by atoms with van der Waals surface area (Å²) < 4.78 is 0. The van der Waals surface area contributed by atoms with Crippen LogP contribution in [0.15, 0.2) is 152 Å². The second-order valence-electron chi connectivity index (χ2n) is 11.5. The number of anilines is 4. The number of hydrogen-bond acceptors (Lipinski definition) is 2. The first-order valence-corrected chi connectivity index (χ1v) is 15.2. The second kappa shape index (κ2) is 11.3. The second-order valence-corrected chi connectivity index (χ2v) is 11.5. The lowest BCUT2D eigenvalue weighted by molar-refractivity contribution is 0.610. The molecular weight excluding hydrogens is 520 g/mol. The van der Waals surface area contributed by atoms with E-state index in [1.54, 1.807) is 0 Å². The van der Waals surface area contributed by atoms with Crippen molar-refractivity contribution in [1.29, 1.82) is 0 Å². The van der Waals surface area contributed by atoms with Crippen molar-refractivity contribution in [1.82, 2.24) is 0 Å². The molecule has 0 saturated carbocycles. The van der Waals surface area contributed by atoms with Gasteiger partial charge in [-0.15, -0.1) is 0 Å². The van der Waals surface area contributed by atoms with Crippen molar-refractivity contribution in [3.63, 3.8) is 0 Å². The van der Waals surface area contributed by atoms with Crippen LogP contribution in [0.1, 0.15) is 19.4 Å². The van der Waals surface area contributed by atoms with Crippen molar-refractivity contribution in [3.8, 4) is 0 Å². The summed E-state index contributed by atoms with van der Waals surface area (Å²) in [6.07, 6.45) is 9.00. The maximum atomic E-state index is 2.53. The summed E-state index contributed by atoms with van der Waals surface area (Å²) >= 11 is 0. The number of allylic oxidation sites excluding steroid dienone is 2. The van der Waals surface area contributed by atoms with Gasteiger partial charge in [0.1, 0.15) is 0 Å². The van der Waals surface area contributed by atoms with Crippen molar-refractivity contribution in [2.75, 3.05) is 9.80 Å². The fourth-order valence-corrected chi connectivity index (χ4v) is 6.72. The maximum absolute atomic E-state index is 2.53. The molecule has 0 aliphatic heterocycles. The Morgan fingerprint density at radius 1 is 0.581 bits per heavy atom. The van der Waals surface area contributed by atoms with E-state index >= 15 is 0 Å². The number of nitrogens with zero attached hydrogens (tertiary/aromatic N) is 2. The zero-order valence-corrected chi connectivity index (χ0v) is 25.0. The molecule has 0 bridgehead atoms. The Balaban J connectivity index is 1.52. The number of benzene rings is 6. The fraction of sp³-hybridized carbons (Fsp3) is 0.122. The molecule has 0 fully saturated rings. The highest BCUT2D eigenvalue weighted by atomic mass is 15.2. The number of hydrogen-bond donors (Lipinski definition) is 0. The minimum Gasteiger partial charge on any atom is -0.333 e. The molecule has 6 aromatic carbocycles. The fourth-order valence-electron chi connectivity index (χ4n) is 6.72. The minimum absolute atomic E-state index is 0.216. The van der Waals surface area contributed by atoms with Gasteiger partial charge in [0.2, 0.25) is 0 Å². The van der Waals surface area contributed by atoms with Gasteiger partial charge in [-0.25, -0.2) is 0 Å². The summed E-state index contributed by atoms with van der Waals surface area (Å²) in [6.45, 7) is 6.81. The van der Waals surface area contributed by atoms with E-state index in [1.165, 1.54) is 49.4 Å². The van der Waals surface area contributed by atoms with Gasteiger partial charge in [0.05, 0.1) is 6.04 Å². The summed E-state index contributed by atoms with van der Waals surface area (Å²) in [5.74, 6) is 0.376. The third-order valence-corrected chi connectivity index (χ3v) is 8.82. The van der Waals surface area contributed by atoms with Crippen molar-refractivity contribution in [2.24, 2.45) is 5.92 Å². The third-order valence-electron chi connectivity index (χ3n) is 8.82. The summed E-state index contributed by atoms with van der Waals surface area (Å²) in [7, 11) is 0. The summed E-state index contributed by atoms with van der Waals surface area (Å²) in [5, 5.41) is 6.42. The third kappa shape index (κ3) is 4.79. The van der Waals surface area contributed by atoms with Crippen LogP contribution in [0.3, 0.4) is 0 Å². The monoisotopic (exact) mass is 556 g/mol. The van der Waals surface area contributed by atoms with Gasteiger partial charge >= 0.3 is 0 Å². The average Bonchev–Trinajstić information content (AvgIpc) is 3.06. The highest BCUT2D eigenvalue weighted by Crippen LogP contribution is 2.41. The van der Waals surface area contributed by atoms with E-state index in [-0.39, 0.29) is 6.04 Å². The Kier molecular flexibility index (Phi) is 7.04. The molecule has 6 aromatic rings. The van der Waals surface area contributed by atoms with Crippen molar-refractivity contribution in [2.45, 2.75) is 26.8 Å². The van der Waals surface area contributed by atoms with Gasteiger partial charge in [-0.3, -0.25) is 0 Å². The van der Waals surface area contributed by atoms with Crippen LogP contribution in [0.5, 0.6) is 0 Å². The molecule has 0 N–H and O–H groups in total. The molecule has 0 spiro atoms. The van der Waals surface area contributed by atoms with E-state index in [1.807, 2.05) is 0 Å². The van der Waals surface area contributed by atoms with E-state index in [2.05, 4.69) is 182 Å². The Hall–Kier alpha value is -5.08. The normalized spacial score (nSPS) is 16.9. The first-order chi connectivity index (χ1) is 21.1. The van der Waals surface area contributed by atoms with Gasteiger partial charge in [-0.2, -0.15) is 0 Å². The zero-order valence-electron chi connectivity index (χ0n) is 25.0. The molecule has 2 heteroatoms. The number of aryl methyl sites for hydroxylation is 1. The Bertz CT molecular complexity index is 1970. The Labute approximate surface area is 254 Å². The van der Waals surface area contributed by atoms with E-state index in [9.17, 15) is 0 Å². The maximum Gasteiger partial charge on any atom is 0.0585 e. The molecule has 0 saturated heterocycles. The van der Waals surface area contributed by atoms with E-state index in [4.69, 9.17) is 0 Å². The molecule has 2 nitrogen and oxygen atoms in total. The largest absolute Gasteiger partial charge is 0.333 e. The molecule has 1 aliphatic carbocycles. The van der Waals surface area contributed by atoms with Crippen LogP contribution >= 0.6 is 0 Å². The van der Waals surface area contributed by atoms with Crippen LogP contribution in [0.25, 0.3) is 27.2 Å². The highest BCUT2D eigenvalue weighted by Gasteiger charge is 2.26. The lowest BCUT2D eigenvalue weighted by atomic mass is 9.91. The molecule has 0 amide bonds. The molecule has 7 rings (SSSR count). The lowest BCUT2D eigenvalue weighted by Gasteiger charge is -2.37. The summed E-state index contributed by atoms with van der Waals surface area (Å²) in [5.41, 5.74) is 7.23. The Morgan fingerprint density at radius 3 is 1.79 bits per heavy atom. The summed E-state index contributed by atoms with van der Waals surface area (Å²) in [6, 6.07) is 46.3. The number of rotatable bonds is 6. The van der Waals surface area contributed by atoms with E-state index < -0.39 is 0 Å². The molecule has 43 heavy (non-hydrogen) atoms. The van der Waals surface area contributed by atoms with Gasteiger partial charge in [-0.1, -0.05) is 116 Å². The van der Waals surface area contributed by atoms with Gasteiger partial charge in [-0.05, 0) is 84.0 Å². The molecular formula is C41H36N2. The van der Waals surface area contributed by atoms with Crippen molar-refractivity contribution >= 4 is 50.0 Å². The molecule has 2 unspecified atom stereocenters. The predicted octanol–water partition coefficient (Wildman–Crippen LogP) is 10.3. The van der Waals surface area contributed by atoms with Gasteiger partial charge in [0.15, 0.2) is 0 Å². The Morgan fingerprint density at radius 2 is 1.16 bits per heavy atom. The SMILES string of the molecule is C/C(=c1/ccc2ccc(N(c3ccccc3)C3C=CC=CC3C)c3ccc(C)c1c23)N(c1ccccc1)c1ccccc1. The zero-order chi connectivity index (χ0) is 29.3. The molecule has 210 valence electrons. The summed E-state index contributed by atoms with van der Waals surface area (Å²) in [4.78, 5) is 4.90. The van der Waals surface area contributed by atoms with Crippen LogP contribution in [0.4, 0.5) is 22.7 Å². The van der Waals surface area contributed by atoms with E-state index in [0.717, 1.165) is 11.4 Å². The smallest absolute Gasteiger partial charge is 0.0585 e. The predicted molar refractivity (Wildman–Crippen MR) is 185 cm³/mol. The molecule has 2 atom stereocenters. The first-order valence-electron chi connectivity index (χ1n) is 15.2. The number of para-hydroxylation sites is 3. The molecule has 0 heterocycles. The van der Waals surface area contributed by atoms with Crippen LogP contribution in [0.2, 0.25) is 0 Å². The minimum atomic E-state index is 0.216. The van der Waals surface area contributed by atoms with Crippen LogP contribution in [0, 0.1) is 12.8 Å². The van der Waals surface area contributed by atoms with Crippen molar-refractivity contribution in [3.05, 3.63) is 162 Å². The van der Waals surface area contributed by atoms with Gasteiger partial charge < -0.3 is 9.80 Å². The topological polar surface area (TPSA) is 6.48 Å². The van der Waals surface area contributed by atoms with Gasteiger partial charge in [0, 0.05) is 39.1 Å². The van der Waals surface area contributed by atoms with Crippen LogP contribution in [-0.4, -0.2) is 6.04 Å².